The van der Waals surface area contributed by atoms with E-state index in [1.54, 1.807) is 19.1 Å². The van der Waals surface area contributed by atoms with E-state index in [1.807, 2.05) is 13.8 Å². The van der Waals surface area contributed by atoms with Crippen LogP contribution in [0.15, 0.2) is 12.1 Å². The van der Waals surface area contributed by atoms with Crippen LogP contribution in [0.3, 0.4) is 0 Å². The zero-order chi connectivity index (χ0) is 13.0. The summed E-state index contributed by atoms with van der Waals surface area (Å²) < 4.78 is 0. The maximum absolute atomic E-state index is 11.7. The number of nitrogens with one attached hydrogen (secondary N) is 2. The number of hydrogen-bond acceptors (Lipinski definition) is 5. The minimum atomic E-state index is -0.382. The molecule has 1 atom stereocenters. The highest BCUT2D eigenvalue weighted by atomic mass is 16.2. The molecule has 0 aliphatic rings. The largest absolute Gasteiger partial charge is 0.396 e. The van der Waals surface area contributed by atoms with Crippen molar-refractivity contribution in [2.24, 2.45) is 0 Å². The number of carbonyl (C=O) groups is 1. The van der Waals surface area contributed by atoms with Crippen LogP contribution in [0.5, 0.6) is 0 Å². The molecule has 1 aromatic rings. The molecule has 1 heterocycles. The fraction of sp³-hybridized carbons (Fsp3) is 0.455. The highest BCUT2D eigenvalue weighted by Gasteiger charge is 2.13. The van der Waals surface area contributed by atoms with E-state index in [0.717, 1.165) is 0 Å². The van der Waals surface area contributed by atoms with E-state index in [0.29, 0.717) is 11.5 Å². The maximum Gasteiger partial charge on any atom is 0.242 e. The first kappa shape index (κ1) is 13.1. The van der Waals surface area contributed by atoms with E-state index in [1.165, 1.54) is 0 Å². The van der Waals surface area contributed by atoms with Crippen LogP contribution in [0.1, 0.15) is 20.8 Å². The number of pyridine rings is 1. The van der Waals surface area contributed by atoms with Gasteiger partial charge in [-0.15, -0.1) is 0 Å². The Morgan fingerprint density at radius 2 is 1.94 bits per heavy atom. The summed E-state index contributed by atoms with van der Waals surface area (Å²) in [4.78, 5) is 15.7. The lowest BCUT2D eigenvalue weighted by Crippen LogP contribution is -2.41. The van der Waals surface area contributed by atoms with E-state index in [-0.39, 0.29) is 23.8 Å². The number of aromatic nitrogens is 1. The topological polar surface area (TPSA) is 106 Å². The van der Waals surface area contributed by atoms with Crippen LogP contribution in [-0.2, 0) is 4.79 Å². The third-order valence-electron chi connectivity index (χ3n) is 2.15. The second-order valence-electron chi connectivity index (χ2n) is 4.20. The lowest BCUT2D eigenvalue weighted by molar-refractivity contribution is -0.122. The van der Waals surface area contributed by atoms with E-state index < -0.39 is 0 Å². The van der Waals surface area contributed by atoms with Gasteiger partial charge in [-0.25, -0.2) is 4.98 Å². The zero-order valence-corrected chi connectivity index (χ0v) is 10.3. The van der Waals surface area contributed by atoms with Crippen LogP contribution in [-0.4, -0.2) is 23.0 Å². The predicted molar refractivity (Wildman–Crippen MR) is 69.4 cm³/mol. The van der Waals surface area contributed by atoms with E-state index in [4.69, 9.17) is 11.5 Å². The van der Waals surface area contributed by atoms with Crippen molar-refractivity contribution >= 4 is 23.2 Å². The summed E-state index contributed by atoms with van der Waals surface area (Å²) in [5.74, 6) is 0.701. The van der Waals surface area contributed by atoms with Gasteiger partial charge >= 0.3 is 0 Å². The highest BCUT2D eigenvalue weighted by Crippen LogP contribution is 2.15. The van der Waals surface area contributed by atoms with Crippen LogP contribution in [0.2, 0.25) is 0 Å². The van der Waals surface area contributed by atoms with Crippen molar-refractivity contribution in [1.82, 2.24) is 10.3 Å². The first-order valence-electron chi connectivity index (χ1n) is 5.49. The van der Waals surface area contributed by atoms with E-state index in [2.05, 4.69) is 15.6 Å². The number of carbonyl (C=O) groups excluding carboxylic acids is 1. The molecule has 17 heavy (non-hydrogen) atoms. The summed E-state index contributed by atoms with van der Waals surface area (Å²) in [6, 6.07) is 3.06. The fourth-order valence-corrected chi connectivity index (χ4v) is 1.26. The average molecular weight is 237 g/mol. The molecule has 1 amide bonds. The van der Waals surface area contributed by atoms with Crippen LogP contribution in [0.25, 0.3) is 0 Å². The molecule has 0 fully saturated rings. The maximum atomic E-state index is 11.7. The molecule has 94 valence electrons. The SMILES string of the molecule is CC(C)NC(=O)C(C)Nc1ccc(N)c(N)n1. The average Bonchev–Trinajstić information content (AvgIpc) is 2.22. The second-order valence-corrected chi connectivity index (χ2v) is 4.20. The monoisotopic (exact) mass is 237 g/mol. The van der Waals surface area contributed by atoms with Crippen molar-refractivity contribution < 1.29 is 4.79 Å². The molecule has 0 spiro atoms. The normalized spacial score (nSPS) is 12.2. The van der Waals surface area contributed by atoms with Gasteiger partial charge in [0.25, 0.3) is 0 Å². The minimum Gasteiger partial charge on any atom is -0.396 e. The number of nitrogens with two attached hydrogens (primary N) is 2. The van der Waals surface area contributed by atoms with Gasteiger partial charge in [-0.05, 0) is 32.9 Å². The zero-order valence-electron chi connectivity index (χ0n) is 10.3. The summed E-state index contributed by atoms with van der Waals surface area (Å²) in [7, 11) is 0. The standard InChI is InChI=1S/C11H19N5O/c1-6(2)14-11(17)7(3)15-9-5-4-8(12)10(13)16-9/h4-7H,12H2,1-3H3,(H,14,17)(H3,13,15,16). The van der Waals surface area contributed by atoms with Crippen molar-refractivity contribution in [3.8, 4) is 0 Å². The summed E-state index contributed by atoms with van der Waals surface area (Å²) in [6.45, 7) is 5.57. The first-order valence-corrected chi connectivity index (χ1v) is 5.49. The Hall–Kier alpha value is -1.98. The summed E-state index contributed by atoms with van der Waals surface area (Å²) in [5, 5.41) is 5.76. The van der Waals surface area contributed by atoms with Gasteiger partial charge in [0, 0.05) is 6.04 Å². The Kier molecular flexibility index (Phi) is 4.14. The molecule has 0 radical (unpaired) electrons. The second kappa shape index (κ2) is 5.38. The Labute approximate surface area is 101 Å². The molecule has 0 aliphatic heterocycles. The van der Waals surface area contributed by atoms with Crippen LogP contribution >= 0.6 is 0 Å². The van der Waals surface area contributed by atoms with Gasteiger partial charge in [-0.3, -0.25) is 4.79 Å². The highest BCUT2D eigenvalue weighted by molar-refractivity contribution is 5.84. The molecule has 6 heteroatoms. The van der Waals surface area contributed by atoms with Gasteiger partial charge < -0.3 is 22.1 Å². The van der Waals surface area contributed by atoms with Crippen LogP contribution in [0.4, 0.5) is 17.3 Å². The molecule has 0 saturated heterocycles. The van der Waals surface area contributed by atoms with Gasteiger partial charge in [0.15, 0.2) is 0 Å². The molecular weight excluding hydrogens is 218 g/mol. The van der Waals surface area contributed by atoms with Gasteiger partial charge in [0.1, 0.15) is 17.7 Å². The number of nitrogens with zero attached hydrogens (tertiary/aromatic N) is 1. The number of rotatable bonds is 4. The van der Waals surface area contributed by atoms with Gasteiger partial charge in [0.2, 0.25) is 5.91 Å². The number of amides is 1. The van der Waals surface area contributed by atoms with Crippen molar-refractivity contribution in [3.05, 3.63) is 12.1 Å². The molecule has 0 aliphatic carbocycles. The molecule has 6 N–H and O–H groups in total. The first-order chi connectivity index (χ1) is 7.90. The number of hydrogen-bond donors (Lipinski definition) is 4. The summed E-state index contributed by atoms with van der Waals surface area (Å²) in [6.07, 6.45) is 0. The summed E-state index contributed by atoms with van der Waals surface area (Å²) >= 11 is 0. The number of anilines is 3. The summed E-state index contributed by atoms with van der Waals surface area (Å²) in [5.41, 5.74) is 11.6. The van der Waals surface area contributed by atoms with Crippen LogP contribution < -0.4 is 22.1 Å². The quantitative estimate of drug-likeness (QED) is 0.612. The number of nitrogen functional groups attached to an aromatic ring is 2. The third kappa shape index (κ3) is 3.82. The molecule has 1 rings (SSSR count). The molecular formula is C11H19N5O. The van der Waals surface area contributed by atoms with Crippen molar-refractivity contribution in [2.45, 2.75) is 32.9 Å². The van der Waals surface area contributed by atoms with E-state index in [9.17, 15) is 4.79 Å². The Bertz CT molecular complexity index is 405. The van der Waals surface area contributed by atoms with Crippen molar-refractivity contribution in [1.29, 1.82) is 0 Å². The third-order valence-corrected chi connectivity index (χ3v) is 2.15. The minimum absolute atomic E-state index is 0.0859. The molecule has 0 aromatic carbocycles. The Morgan fingerprint density at radius 1 is 1.29 bits per heavy atom. The lowest BCUT2D eigenvalue weighted by Gasteiger charge is -2.16. The molecule has 0 saturated carbocycles. The van der Waals surface area contributed by atoms with Crippen LogP contribution in [0, 0.1) is 0 Å². The lowest BCUT2D eigenvalue weighted by atomic mass is 10.2. The molecule has 0 bridgehead atoms. The smallest absolute Gasteiger partial charge is 0.242 e. The van der Waals surface area contributed by atoms with E-state index >= 15 is 0 Å². The fourth-order valence-electron chi connectivity index (χ4n) is 1.26. The van der Waals surface area contributed by atoms with Gasteiger partial charge in [0.05, 0.1) is 5.69 Å². The van der Waals surface area contributed by atoms with Crippen molar-refractivity contribution in [3.63, 3.8) is 0 Å². The Balaban J connectivity index is 2.64. The van der Waals surface area contributed by atoms with Crippen molar-refractivity contribution in [2.75, 3.05) is 16.8 Å². The van der Waals surface area contributed by atoms with Gasteiger partial charge in [-0.2, -0.15) is 0 Å². The predicted octanol–water partition coefficient (Wildman–Crippen LogP) is 0.571. The Morgan fingerprint density at radius 3 is 2.47 bits per heavy atom. The molecule has 1 aromatic heterocycles. The van der Waals surface area contributed by atoms with Gasteiger partial charge in [-0.1, -0.05) is 0 Å². The molecule has 1 unspecified atom stereocenters. The molecule has 6 nitrogen and oxygen atoms in total.